The summed E-state index contributed by atoms with van der Waals surface area (Å²) in [6, 6.07) is 18.6. The number of hydrogen-bond donors (Lipinski definition) is 2. The molecule has 0 aliphatic heterocycles. The van der Waals surface area contributed by atoms with E-state index in [2.05, 4.69) is 10.6 Å². The van der Waals surface area contributed by atoms with Gasteiger partial charge in [0.1, 0.15) is 5.82 Å². The molecule has 0 unspecified atom stereocenters. The predicted molar refractivity (Wildman–Crippen MR) is 139 cm³/mol. The molecule has 0 atom stereocenters. The van der Waals surface area contributed by atoms with Crippen LogP contribution in [0.25, 0.3) is 0 Å². The molecule has 0 aromatic heterocycles. The van der Waals surface area contributed by atoms with Crippen molar-refractivity contribution in [3.63, 3.8) is 0 Å². The molecule has 190 valence electrons. The Balaban J connectivity index is 1.82. The summed E-state index contributed by atoms with van der Waals surface area (Å²) in [5, 5.41) is 5.55. The number of carbonyl (C=O) groups is 2. The van der Waals surface area contributed by atoms with Crippen molar-refractivity contribution in [2.75, 3.05) is 23.7 Å². The maximum atomic E-state index is 14.5. The Morgan fingerprint density at radius 1 is 0.889 bits per heavy atom. The highest BCUT2D eigenvalue weighted by atomic mass is 32.2. The van der Waals surface area contributed by atoms with Gasteiger partial charge in [0.2, 0.25) is 0 Å². The van der Waals surface area contributed by atoms with E-state index in [1.165, 1.54) is 32.3 Å². The minimum Gasteiger partial charge on any atom is -0.350 e. The number of nitrogens with zero attached hydrogens (tertiary/aromatic N) is 2. The second-order valence-electron chi connectivity index (χ2n) is 8.57. The molecule has 10 heteroatoms. The van der Waals surface area contributed by atoms with Gasteiger partial charge in [0.05, 0.1) is 23.5 Å². The second kappa shape index (κ2) is 11.3. The number of carbonyl (C=O) groups excluding carboxylic acids is 2. The van der Waals surface area contributed by atoms with Crippen molar-refractivity contribution in [2.24, 2.45) is 0 Å². The molecule has 0 saturated carbocycles. The summed E-state index contributed by atoms with van der Waals surface area (Å²) in [6.45, 7) is 3.55. The third-order valence-corrected chi connectivity index (χ3v) is 7.05. The van der Waals surface area contributed by atoms with Gasteiger partial charge in [0, 0.05) is 25.7 Å². The number of nitrogens with one attached hydrogen (secondary N) is 2. The molecule has 0 aliphatic rings. The molecule has 0 fully saturated rings. The first-order valence-electron chi connectivity index (χ1n) is 11.3. The van der Waals surface area contributed by atoms with E-state index in [9.17, 15) is 22.4 Å². The summed E-state index contributed by atoms with van der Waals surface area (Å²) < 4.78 is 42.3. The maximum absolute atomic E-state index is 14.5. The zero-order valence-corrected chi connectivity index (χ0v) is 21.3. The zero-order chi connectivity index (χ0) is 26.5. The Morgan fingerprint density at radius 3 is 2.11 bits per heavy atom. The summed E-state index contributed by atoms with van der Waals surface area (Å²) in [5.74, 6) is -1.40. The molecular weight excluding hydrogens is 483 g/mol. The van der Waals surface area contributed by atoms with Crippen molar-refractivity contribution in [1.29, 1.82) is 0 Å². The molecule has 0 saturated heterocycles. The minimum atomic E-state index is -3.99. The fourth-order valence-electron chi connectivity index (χ4n) is 3.39. The van der Waals surface area contributed by atoms with Crippen LogP contribution < -0.4 is 14.9 Å². The van der Waals surface area contributed by atoms with Crippen LogP contribution in [0.3, 0.4) is 0 Å². The summed E-state index contributed by atoms with van der Waals surface area (Å²) in [4.78, 5) is 25.3. The van der Waals surface area contributed by atoms with Crippen LogP contribution in [0.4, 0.5) is 15.8 Å². The summed E-state index contributed by atoms with van der Waals surface area (Å²) in [6.07, 6.45) is 0. The molecule has 3 aromatic rings. The Morgan fingerprint density at radius 2 is 1.50 bits per heavy atom. The van der Waals surface area contributed by atoms with E-state index in [1.54, 1.807) is 54.6 Å². The molecular formula is C26H29FN4O4S. The normalized spacial score (nSPS) is 11.4. The van der Waals surface area contributed by atoms with Crippen LogP contribution in [0.15, 0.2) is 72.8 Å². The van der Waals surface area contributed by atoms with Gasteiger partial charge < -0.3 is 10.6 Å². The third-order valence-electron chi connectivity index (χ3n) is 5.24. The van der Waals surface area contributed by atoms with Gasteiger partial charge in [-0.05, 0) is 55.8 Å². The summed E-state index contributed by atoms with van der Waals surface area (Å²) in [7, 11) is -1.25. The molecule has 2 N–H and O–H groups in total. The molecule has 3 aromatic carbocycles. The summed E-state index contributed by atoms with van der Waals surface area (Å²) >= 11 is 0. The van der Waals surface area contributed by atoms with Crippen LogP contribution in [0.1, 0.15) is 40.1 Å². The van der Waals surface area contributed by atoms with Crippen molar-refractivity contribution in [3.8, 4) is 0 Å². The van der Waals surface area contributed by atoms with E-state index in [0.717, 1.165) is 8.61 Å². The lowest BCUT2D eigenvalue weighted by Crippen LogP contribution is -2.40. The fourth-order valence-corrected chi connectivity index (χ4v) is 4.50. The van der Waals surface area contributed by atoms with Gasteiger partial charge in [-0.2, -0.15) is 12.7 Å². The Hall–Kier alpha value is -3.76. The van der Waals surface area contributed by atoms with Gasteiger partial charge in [0.15, 0.2) is 0 Å². The van der Waals surface area contributed by atoms with Crippen LogP contribution in [-0.4, -0.2) is 44.7 Å². The lowest BCUT2D eigenvalue weighted by Gasteiger charge is -2.27. The van der Waals surface area contributed by atoms with Crippen LogP contribution in [0.5, 0.6) is 0 Å². The van der Waals surface area contributed by atoms with Crippen molar-refractivity contribution in [1.82, 2.24) is 9.62 Å². The maximum Gasteiger partial charge on any atom is 0.303 e. The third kappa shape index (κ3) is 6.27. The average molecular weight is 513 g/mol. The van der Waals surface area contributed by atoms with Gasteiger partial charge in [-0.3, -0.25) is 13.9 Å². The standard InChI is InChI=1S/C26H29FN4O4S/c1-18(2)28-26(33)21-9-5-7-11-23(21)29-25(32)20-15-13-19(14-16-20)17-31(36(34,35)30(3)4)24-12-8-6-10-22(24)27/h5-16,18H,17H2,1-4H3,(H,28,33)(H,29,32). The van der Waals surface area contributed by atoms with Crippen molar-refractivity contribution < 1.29 is 22.4 Å². The van der Waals surface area contributed by atoms with Gasteiger partial charge >= 0.3 is 10.2 Å². The molecule has 3 rings (SSSR count). The molecule has 0 heterocycles. The average Bonchev–Trinajstić information content (AvgIpc) is 2.83. The van der Waals surface area contributed by atoms with Gasteiger partial charge in [-0.25, -0.2) is 4.39 Å². The number of para-hydroxylation sites is 2. The van der Waals surface area contributed by atoms with E-state index in [4.69, 9.17) is 0 Å². The molecule has 36 heavy (non-hydrogen) atoms. The van der Waals surface area contributed by atoms with Crippen molar-refractivity contribution in [2.45, 2.75) is 26.4 Å². The molecule has 0 radical (unpaired) electrons. The number of halogens is 1. The number of hydrogen-bond acceptors (Lipinski definition) is 4. The van der Waals surface area contributed by atoms with Gasteiger partial charge in [0.25, 0.3) is 11.8 Å². The number of rotatable bonds is 9. The van der Waals surface area contributed by atoms with E-state index in [0.29, 0.717) is 22.4 Å². The number of amides is 2. The molecule has 2 amide bonds. The van der Waals surface area contributed by atoms with E-state index >= 15 is 0 Å². The monoisotopic (exact) mass is 512 g/mol. The quantitative estimate of drug-likeness (QED) is 0.452. The molecule has 0 bridgehead atoms. The van der Waals surface area contributed by atoms with Crippen molar-refractivity contribution >= 4 is 33.4 Å². The highest BCUT2D eigenvalue weighted by Gasteiger charge is 2.27. The zero-order valence-electron chi connectivity index (χ0n) is 20.5. The minimum absolute atomic E-state index is 0.0611. The Bertz CT molecular complexity index is 1340. The predicted octanol–water partition coefficient (Wildman–Crippen LogP) is 4.03. The van der Waals surface area contributed by atoms with E-state index in [1.807, 2.05) is 13.8 Å². The van der Waals surface area contributed by atoms with Gasteiger partial charge in [-0.1, -0.05) is 36.4 Å². The number of anilines is 2. The van der Waals surface area contributed by atoms with E-state index in [-0.39, 0.29) is 24.2 Å². The highest BCUT2D eigenvalue weighted by Crippen LogP contribution is 2.25. The molecule has 0 spiro atoms. The Labute approximate surface area is 210 Å². The van der Waals surface area contributed by atoms with E-state index < -0.39 is 21.9 Å². The van der Waals surface area contributed by atoms with Crippen LogP contribution in [0, 0.1) is 5.82 Å². The van der Waals surface area contributed by atoms with Crippen molar-refractivity contribution in [3.05, 3.63) is 95.3 Å². The lowest BCUT2D eigenvalue weighted by atomic mass is 10.1. The first kappa shape index (κ1) is 26.8. The molecule has 8 nitrogen and oxygen atoms in total. The SMILES string of the molecule is CC(C)NC(=O)c1ccccc1NC(=O)c1ccc(CN(c2ccccc2F)S(=O)(=O)N(C)C)cc1. The number of benzene rings is 3. The van der Waals surface area contributed by atoms with Crippen LogP contribution in [0.2, 0.25) is 0 Å². The smallest absolute Gasteiger partial charge is 0.303 e. The fraction of sp³-hybridized carbons (Fsp3) is 0.231. The first-order chi connectivity index (χ1) is 17.0. The summed E-state index contributed by atoms with van der Waals surface area (Å²) in [5.41, 5.74) is 1.49. The van der Waals surface area contributed by atoms with Crippen LogP contribution in [-0.2, 0) is 16.8 Å². The molecule has 0 aliphatic carbocycles. The largest absolute Gasteiger partial charge is 0.350 e. The Kier molecular flexibility index (Phi) is 8.44. The lowest BCUT2D eigenvalue weighted by molar-refractivity contribution is 0.0944. The van der Waals surface area contributed by atoms with Crippen LogP contribution >= 0.6 is 0 Å². The first-order valence-corrected chi connectivity index (χ1v) is 12.6. The van der Waals surface area contributed by atoms with Gasteiger partial charge in [-0.15, -0.1) is 0 Å². The second-order valence-corrected chi connectivity index (χ2v) is 10.6. The highest BCUT2D eigenvalue weighted by molar-refractivity contribution is 7.90. The topological polar surface area (TPSA) is 98.8 Å².